The van der Waals surface area contributed by atoms with Gasteiger partial charge in [0.1, 0.15) is 11.5 Å². The molecule has 7 nitrogen and oxygen atoms in total. The number of rotatable bonds is 7. The third-order valence-corrected chi connectivity index (χ3v) is 4.43. The fourth-order valence-electron chi connectivity index (χ4n) is 3.18. The van der Waals surface area contributed by atoms with E-state index in [4.69, 9.17) is 14.6 Å². The van der Waals surface area contributed by atoms with Crippen molar-refractivity contribution < 1.29 is 24.2 Å². The number of hydrogen-bond donors (Lipinski definition) is 1. The molecule has 1 fully saturated rings. The van der Waals surface area contributed by atoms with Crippen LogP contribution >= 0.6 is 0 Å². The van der Waals surface area contributed by atoms with E-state index in [1.165, 1.54) is 0 Å². The molecule has 0 radical (unpaired) electrons. The number of carbonyl (C=O) groups excluding carboxylic acids is 1. The quantitative estimate of drug-likeness (QED) is 0.789. The summed E-state index contributed by atoms with van der Waals surface area (Å²) in [5.41, 5.74) is 0.492. The second-order valence-electron chi connectivity index (χ2n) is 6.75. The summed E-state index contributed by atoms with van der Waals surface area (Å²) >= 11 is 0. The van der Waals surface area contributed by atoms with E-state index < -0.39 is 5.97 Å². The predicted octanol–water partition coefficient (Wildman–Crippen LogP) is 2.34. The van der Waals surface area contributed by atoms with Crippen LogP contribution in [0.25, 0.3) is 0 Å². The van der Waals surface area contributed by atoms with Gasteiger partial charge in [0.25, 0.3) is 5.91 Å². The summed E-state index contributed by atoms with van der Waals surface area (Å²) in [6.45, 7) is 1.68. The fourth-order valence-corrected chi connectivity index (χ4v) is 3.18. The summed E-state index contributed by atoms with van der Waals surface area (Å²) in [6, 6.07) is 16.5. The van der Waals surface area contributed by atoms with Gasteiger partial charge in [0.15, 0.2) is 0 Å². The molecule has 7 heteroatoms. The number of amides is 1. The zero-order valence-electron chi connectivity index (χ0n) is 15.8. The fraction of sp³-hybridized carbons (Fsp3) is 0.333. The van der Waals surface area contributed by atoms with Crippen molar-refractivity contribution in [2.45, 2.75) is 6.10 Å². The first kappa shape index (κ1) is 19.9. The lowest BCUT2D eigenvalue weighted by atomic mass is 10.1. The SMILES string of the molecule is CN(CC(=O)O)CC1CN(C(=O)c2ccccc2Oc2ccccc2)CCO1. The molecule has 0 aliphatic carbocycles. The van der Waals surface area contributed by atoms with Crippen molar-refractivity contribution in [3.8, 4) is 11.5 Å². The minimum absolute atomic E-state index is 0.0679. The maximum Gasteiger partial charge on any atom is 0.317 e. The number of ether oxygens (including phenoxy) is 2. The van der Waals surface area contributed by atoms with E-state index in [1.807, 2.05) is 42.5 Å². The number of nitrogens with zero attached hydrogens (tertiary/aromatic N) is 2. The van der Waals surface area contributed by atoms with Crippen LogP contribution in [0.4, 0.5) is 0 Å². The Morgan fingerprint density at radius 2 is 1.89 bits per heavy atom. The van der Waals surface area contributed by atoms with E-state index >= 15 is 0 Å². The Kier molecular flexibility index (Phi) is 6.62. The summed E-state index contributed by atoms with van der Waals surface area (Å²) in [7, 11) is 1.72. The summed E-state index contributed by atoms with van der Waals surface area (Å²) < 4.78 is 11.6. The van der Waals surface area contributed by atoms with E-state index in [2.05, 4.69) is 0 Å². The molecule has 1 aliphatic heterocycles. The molecule has 0 spiro atoms. The first-order chi connectivity index (χ1) is 13.5. The smallest absolute Gasteiger partial charge is 0.317 e. The van der Waals surface area contributed by atoms with Gasteiger partial charge in [-0.05, 0) is 31.3 Å². The van der Waals surface area contributed by atoms with Gasteiger partial charge in [-0.25, -0.2) is 0 Å². The summed E-state index contributed by atoms with van der Waals surface area (Å²) in [6.07, 6.45) is -0.232. The Morgan fingerprint density at radius 3 is 2.64 bits per heavy atom. The highest BCUT2D eigenvalue weighted by molar-refractivity contribution is 5.97. The Morgan fingerprint density at radius 1 is 1.18 bits per heavy atom. The van der Waals surface area contributed by atoms with Gasteiger partial charge in [-0.2, -0.15) is 0 Å². The minimum atomic E-state index is -0.891. The summed E-state index contributed by atoms with van der Waals surface area (Å²) in [4.78, 5) is 27.3. The van der Waals surface area contributed by atoms with Crippen molar-refractivity contribution in [3.05, 3.63) is 60.2 Å². The molecule has 28 heavy (non-hydrogen) atoms. The highest BCUT2D eigenvalue weighted by Gasteiger charge is 2.27. The topological polar surface area (TPSA) is 79.3 Å². The lowest BCUT2D eigenvalue weighted by Gasteiger charge is -2.34. The van der Waals surface area contributed by atoms with Crippen LogP contribution in [0.2, 0.25) is 0 Å². The Balaban J connectivity index is 1.69. The summed E-state index contributed by atoms with van der Waals surface area (Å²) in [5.74, 6) is 0.154. The molecule has 1 saturated heterocycles. The third kappa shape index (κ3) is 5.31. The Bertz CT molecular complexity index is 811. The molecule has 2 aromatic rings. The molecule has 2 aromatic carbocycles. The normalized spacial score (nSPS) is 16.8. The van der Waals surface area contributed by atoms with Crippen molar-refractivity contribution in [1.29, 1.82) is 0 Å². The van der Waals surface area contributed by atoms with Gasteiger partial charge in [-0.3, -0.25) is 14.5 Å². The van der Waals surface area contributed by atoms with Crippen LogP contribution in [0.5, 0.6) is 11.5 Å². The lowest BCUT2D eigenvalue weighted by molar-refractivity contribution is -0.138. The molecule has 1 atom stereocenters. The van der Waals surface area contributed by atoms with Crippen LogP contribution in [0.1, 0.15) is 10.4 Å². The van der Waals surface area contributed by atoms with E-state index in [0.717, 1.165) is 0 Å². The minimum Gasteiger partial charge on any atom is -0.480 e. The number of carbonyl (C=O) groups is 2. The van der Waals surface area contributed by atoms with E-state index in [-0.39, 0.29) is 18.6 Å². The zero-order chi connectivity index (χ0) is 19.9. The molecule has 148 valence electrons. The monoisotopic (exact) mass is 384 g/mol. The lowest BCUT2D eigenvalue weighted by Crippen LogP contribution is -2.49. The molecule has 0 aromatic heterocycles. The zero-order valence-corrected chi connectivity index (χ0v) is 15.8. The van der Waals surface area contributed by atoms with Gasteiger partial charge in [-0.15, -0.1) is 0 Å². The van der Waals surface area contributed by atoms with Gasteiger partial charge in [0.2, 0.25) is 0 Å². The van der Waals surface area contributed by atoms with Crippen molar-refractivity contribution >= 4 is 11.9 Å². The highest BCUT2D eigenvalue weighted by atomic mass is 16.5. The van der Waals surface area contributed by atoms with Gasteiger partial charge in [0.05, 0.1) is 24.8 Å². The first-order valence-corrected chi connectivity index (χ1v) is 9.16. The number of carboxylic acid groups (broad SMARTS) is 1. The average Bonchev–Trinajstić information content (AvgIpc) is 2.68. The second kappa shape index (κ2) is 9.34. The highest BCUT2D eigenvalue weighted by Crippen LogP contribution is 2.26. The average molecular weight is 384 g/mol. The first-order valence-electron chi connectivity index (χ1n) is 9.16. The molecule has 1 N–H and O–H groups in total. The van der Waals surface area contributed by atoms with Crippen LogP contribution in [0, 0.1) is 0 Å². The second-order valence-corrected chi connectivity index (χ2v) is 6.75. The van der Waals surface area contributed by atoms with Gasteiger partial charge in [-0.1, -0.05) is 30.3 Å². The molecule has 1 aliphatic rings. The largest absolute Gasteiger partial charge is 0.480 e. The van der Waals surface area contributed by atoms with Crippen LogP contribution in [-0.2, 0) is 9.53 Å². The van der Waals surface area contributed by atoms with Crippen molar-refractivity contribution in [1.82, 2.24) is 9.80 Å². The number of likely N-dealkylation sites (N-methyl/N-ethyl adjacent to an activating group) is 1. The molecule has 3 rings (SSSR count). The molecule has 1 unspecified atom stereocenters. The standard InChI is InChI=1S/C21H24N2O5/c1-22(15-20(24)25)13-17-14-23(11-12-27-17)21(26)18-9-5-6-10-19(18)28-16-7-3-2-4-8-16/h2-10,17H,11-15H2,1H3,(H,24,25). The molecule has 0 saturated carbocycles. The van der Waals surface area contributed by atoms with E-state index in [1.54, 1.807) is 29.0 Å². The predicted molar refractivity (Wildman–Crippen MR) is 104 cm³/mol. The van der Waals surface area contributed by atoms with Gasteiger partial charge in [0, 0.05) is 19.6 Å². The van der Waals surface area contributed by atoms with Crippen molar-refractivity contribution in [3.63, 3.8) is 0 Å². The molecular formula is C21H24N2O5. The van der Waals surface area contributed by atoms with E-state index in [0.29, 0.717) is 43.3 Å². The van der Waals surface area contributed by atoms with E-state index in [9.17, 15) is 9.59 Å². The van der Waals surface area contributed by atoms with Crippen LogP contribution in [-0.4, -0.2) is 72.7 Å². The van der Waals surface area contributed by atoms with Gasteiger partial charge >= 0.3 is 5.97 Å². The number of benzene rings is 2. The number of para-hydroxylation sites is 2. The number of carboxylic acids is 1. The maximum absolute atomic E-state index is 13.1. The van der Waals surface area contributed by atoms with Crippen LogP contribution in [0.3, 0.4) is 0 Å². The van der Waals surface area contributed by atoms with Crippen LogP contribution < -0.4 is 4.74 Å². The number of hydrogen-bond acceptors (Lipinski definition) is 5. The molecule has 0 bridgehead atoms. The summed E-state index contributed by atoms with van der Waals surface area (Å²) in [5, 5.41) is 8.89. The van der Waals surface area contributed by atoms with Crippen LogP contribution in [0.15, 0.2) is 54.6 Å². The Hall–Kier alpha value is -2.90. The number of aliphatic carboxylic acids is 1. The van der Waals surface area contributed by atoms with Gasteiger partial charge < -0.3 is 19.5 Å². The number of morpholine rings is 1. The maximum atomic E-state index is 13.1. The molecular weight excluding hydrogens is 360 g/mol. The Labute approximate surface area is 164 Å². The third-order valence-electron chi connectivity index (χ3n) is 4.43. The molecule has 1 heterocycles. The van der Waals surface area contributed by atoms with Crippen molar-refractivity contribution in [2.75, 3.05) is 39.8 Å². The molecule has 1 amide bonds. The van der Waals surface area contributed by atoms with Crippen molar-refractivity contribution in [2.24, 2.45) is 0 Å².